The fourth-order valence-electron chi connectivity index (χ4n) is 10.9. The molecule has 1 saturated heterocycles. The van der Waals surface area contributed by atoms with E-state index >= 15 is 0 Å². The van der Waals surface area contributed by atoms with E-state index in [0.29, 0.717) is 22.3 Å². The van der Waals surface area contributed by atoms with Gasteiger partial charge in [-0.2, -0.15) is 25.3 Å². The number of likely N-dealkylation sites (tertiary alicyclic amines) is 1. The Labute approximate surface area is 639 Å². The monoisotopic (exact) mass is 1570 g/mol. The Bertz CT molecular complexity index is 3960. The maximum atomic E-state index is 15.0. The van der Waals surface area contributed by atoms with Gasteiger partial charge in [0.1, 0.15) is 84.2 Å². The van der Waals surface area contributed by atoms with Gasteiger partial charge in [-0.25, -0.2) is 0 Å². The maximum absolute atomic E-state index is 15.0. The van der Waals surface area contributed by atoms with Crippen LogP contribution in [0, 0.1) is 0 Å². The summed E-state index contributed by atoms with van der Waals surface area (Å²) in [5, 5.41) is 95.6. The molecular weight excluding hydrogens is 1480 g/mol. The molecule has 1 aliphatic rings. The van der Waals surface area contributed by atoms with Gasteiger partial charge < -0.3 is 110 Å². The van der Waals surface area contributed by atoms with Crippen molar-refractivity contribution >= 4 is 126 Å². The van der Waals surface area contributed by atoms with Crippen molar-refractivity contribution in [2.24, 2.45) is 5.73 Å². The minimum atomic E-state index is -2.10. The lowest BCUT2D eigenvalue weighted by Gasteiger charge is -2.31. The number of hydrogen-bond acceptors (Lipinski definition) is 23. The molecule has 0 saturated carbocycles. The largest absolute Gasteiger partial charge is 0.508 e. The van der Waals surface area contributed by atoms with Crippen molar-refractivity contribution in [1.82, 2.24) is 68.7 Å². The lowest BCUT2D eigenvalue weighted by atomic mass is 10.0. The van der Waals surface area contributed by atoms with Crippen LogP contribution in [-0.4, -0.2) is 245 Å². The third-order valence-electron chi connectivity index (χ3n) is 16.7. The smallest absolute Gasteiger partial charge is 0.322 e. The van der Waals surface area contributed by atoms with E-state index < -0.39 is 225 Å². The topological polar surface area (TPSA) is 605 Å². The fourth-order valence-corrected chi connectivity index (χ4v) is 11.4. The number of carboxylic acids is 4. The number of nitrogens with two attached hydrogens (primary N) is 1. The standard InChI is InChI=1S/C70H88N14O24S2/c1-36(60(98)82-51(34-109)67(105)78-47(28-39-11-17-42(86)18-12-39)63(101)73-31-54(88)72-33-59(96)97)75-55(89)32-74-62(100)45(21-23-56(90)91)76-64(102)46(22-24-57(92)93)77-66(104)49(30-58(94)95)80-69(107)53-8-5-25-84(53)70(108)50(29-40-13-19-43(87)20-14-40)81-65(103)48(27-37-6-3-2-4-7-37)79-68(106)52(35-110)83-61(99)44(71)26-38-9-15-41(85)16-10-38/h2-4,6-7,9-20,36,44-53,85-87,109-110H,5,8,21-35,71H2,1H3,(H,72,88)(H,73,101)(H,74,100)(H,75,89)(H,76,102)(H,77,104)(H,78,105)(H,79,106)(H,80,107)(H,81,103)(H,82,98)(H,83,99)(H,90,91)(H,92,93)(H,94,95)(H,96,97)/t36-,44-,45-,46-,47-,48-,49-,50-,51-,52-,53-/m0/s1. The number of carbonyl (C=O) groups excluding carboxylic acids is 13. The molecule has 594 valence electrons. The molecule has 0 unspecified atom stereocenters. The summed E-state index contributed by atoms with van der Waals surface area (Å²) in [6, 6.07) is 7.74. The van der Waals surface area contributed by atoms with E-state index in [4.69, 9.17) is 10.8 Å². The zero-order valence-electron chi connectivity index (χ0n) is 59.2. The Hall–Kier alpha value is -12.1. The second-order valence-corrected chi connectivity index (χ2v) is 26.0. The van der Waals surface area contributed by atoms with Gasteiger partial charge in [0, 0.05) is 50.2 Å². The molecule has 1 aliphatic heterocycles. The molecule has 5 rings (SSSR count). The molecule has 0 radical (unpaired) electrons. The first-order chi connectivity index (χ1) is 52.1. The highest BCUT2D eigenvalue weighted by atomic mass is 32.1. The van der Waals surface area contributed by atoms with Gasteiger partial charge in [-0.05, 0) is 97.7 Å². The summed E-state index contributed by atoms with van der Waals surface area (Å²) >= 11 is 8.39. The second-order valence-electron chi connectivity index (χ2n) is 25.3. The van der Waals surface area contributed by atoms with Crippen LogP contribution < -0.4 is 69.5 Å². The summed E-state index contributed by atoms with van der Waals surface area (Å²) in [6.07, 6.45) is -5.07. The van der Waals surface area contributed by atoms with Gasteiger partial charge in [0.25, 0.3) is 0 Å². The quantitative estimate of drug-likeness (QED) is 0.0185. The number of hydrogen-bond donors (Lipinski definition) is 22. The maximum Gasteiger partial charge on any atom is 0.322 e. The number of benzene rings is 4. The highest BCUT2D eigenvalue weighted by Crippen LogP contribution is 2.22. The van der Waals surface area contributed by atoms with E-state index in [1.54, 1.807) is 42.5 Å². The molecule has 1 heterocycles. The molecular formula is C70H88N14O24S2. The van der Waals surface area contributed by atoms with Gasteiger partial charge in [0.2, 0.25) is 76.8 Å². The molecule has 0 bridgehead atoms. The van der Waals surface area contributed by atoms with Crippen LogP contribution in [0.1, 0.15) is 74.1 Å². The van der Waals surface area contributed by atoms with Crippen LogP contribution in [0.5, 0.6) is 17.2 Å². The number of nitrogens with one attached hydrogen (secondary N) is 12. The van der Waals surface area contributed by atoms with Crippen LogP contribution in [-0.2, 0) is 107 Å². The van der Waals surface area contributed by atoms with Gasteiger partial charge in [-0.3, -0.25) is 81.5 Å². The number of phenols is 3. The number of amides is 13. The molecule has 4 aromatic carbocycles. The van der Waals surface area contributed by atoms with E-state index in [9.17, 15) is 112 Å². The van der Waals surface area contributed by atoms with E-state index in [-0.39, 0.29) is 68.1 Å². The normalized spacial score (nSPS) is 15.0. The number of thiol groups is 2. The third kappa shape index (κ3) is 30.3. The van der Waals surface area contributed by atoms with Crippen LogP contribution in [0.2, 0.25) is 0 Å². The van der Waals surface area contributed by atoms with E-state index in [2.05, 4.69) is 83.7 Å². The molecule has 40 heteroatoms. The molecule has 13 amide bonds. The van der Waals surface area contributed by atoms with Crippen molar-refractivity contribution in [2.75, 3.05) is 37.7 Å². The second kappa shape index (κ2) is 44.3. The van der Waals surface area contributed by atoms with Gasteiger partial charge in [-0.15, -0.1) is 0 Å². The minimum Gasteiger partial charge on any atom is -0.508 e. The van der Waals surface area contributed by atoms with Crippen molar-refractivity contribution in [1.29, 1.82) is 0 Å². The third-order valence-corrected chi connectivity index (χ3v) is 17.5. The van der Waals surface area contributed by atoms with Crippen LogP contribution in [0.15, 0.2) is 103 Å². The summed E-state index contributed by atoms with van der Waals surface area (Å²) < 4.78 is 0. The molecule has 0 aromatic heterocycles. The Balaban J connectivity index is 1.27. The Morgan fingerprint density at radius 3 is 1.28 bits per heavy atom. The lowest BCUT2D eigenvalue weighted by molar-refractivity contribution is -0.144. The Kier molecular flexibility index (Phi) is 35.6. The predicted molar refractivity (Wildman–Crippen MR) is 392 cm³/mol. The van der Waals surface area contributed by atoms with Crippen LogP contribution in [0.25, 0.3) is 0 Å². The SMILES string of the molecule is C[C@H](NC(=O)CNC(=O)[C@H](CCC(=O)O)NC(=O)[C@H](CCC(=O)O)NC(=O)[C@H](CC(=O)O)NC(=O)[C@@H]1CCCN1C(=O)[C@H](Cc1ccc(O)cc1)NC(=O)[C@H](Cc1ccccc1)NC(=O)[C@H](CS)NC(=O)[C@@H](N)Cc1ccc(O)cc1)C(=O)N[C@@H](CS)C(=O)N[C@@H](Cc1ccc(O)cc1)C(=O)NCC(=O)NCC(=O)O. The molecule has 0 aliphatic carbocycles. The fraction of sp³-hybridized carbons (Fsp3) is 0.414. The number of aromatic hydroxyl groups is 3. The Morgan fingerprint density at radius 2 is 0.800 bits per heavy atom. The molecule has 1 fully saturated rings. The number of phenolic OH excluding ortho intramolecular Hbond substituents is 3. The first kappa shape index (κ1) is 88.6. The van der Waals surface area contributed by atoms with Crippen molar-refractivity contribution < 1.29 is 117 Å². The van der Waals surface area contributed by atoms with Gasteiger partial charge in [0.15, 0.2) is 0 Å². The zero-order chi connectivity index (χ0) is 81.3. The molecule has 110 heavy (non-hydrogen) atoms. The average Bonchev–Trinajstić information content (AvgIpc) is 1.59. The van der Waals surface area contributed by atoms with Crippen LogP contribution >= 0.6 is 25.3 Å². The highest BCUT2D eigenvalue weighted by molar-refractivity contribution is 7.80. The predicted octanol–water partition coefficient (Wildman–Crippen LogP) is -4.73. The summed E-state index contributed by atoms with van der Waals surface area (Å²) in [5.41, 5.74) is 8.10. The average molecular weight is 1570 g/mol. The molecule has 4 aromatic rings. The van der Waals surface area contributed by atoms with E-state index in [1.807, 2.05) is 5.32 Å². The van der Waals surface area contributed by atoms with E-state index in [1.165, 1.54) is 60.7 Å². The molecule has 21 N–H and O–H groups in total. The first-order valence-electron chi connectivity index (χ1n) is 34.2. The number of nitrogens with zero attached hydrogens (tertiary/aromatic N) is 1. The summed E-state index contributed by atoms with van der Waals surface area (Å²) in [5.74, 6) is -20.5. The highest BCUT2D eigenvalue weighted by Gasteiger charge is 2.41. The minimum absolute atomic E-state index is 0.0144. The van der Waals surface area contributed by atoms with Crippen LogP contribution in [0.4, 0.5) is 0 Å². The van der Waals surface area contributed by atoms with Gasteiger partial charge in [-0.1, -0.05) is 66.7 Å². The Morgan fingerprint density at radius 1 is 0.409 bits per heavy atom. The van der Waals surface area contributed by atoms with Gasteiger partial charge in [0.05, 0.1) is 25.6 Å². The number of aliphatic carboxylic acids is 4. The molecule has 0 spiro atoms. The number of carboxylic acid groups (broad SMARTS) is 4. The van der Waals surface area contributed by atoms with Crippen molar-refractivity contribution in [3.63, 3.8) is 0 Å². The summed E-state index contributed by atoms with van der Waals surface area (Å²) in [7, 11) is 0. The molecule has 11 atom stereocenters. The van der Waals surface area contributed by atoms with Crippen molar-refractivity contribution in [2.45, 2.75) is 144 Å². The lowest BCUT2D eigenvalue weighted by Crippen LogP contribution is -2.61. The number of carbonyl (C=O) groups is 17. The van der Waals surface area contributed by atoms with Gasteiger partial charge >= 0.3 is 23.9 Å². The van der Waals surface area contributed by atoms with Crippen LogP contribution in [0.3, 0.4) is 0 Å². The summed E-state index contributed by atoms with van der Waals surface area (Å²) in [6.45, 7) is -1.43. The van der Waals surface area contributed by atoms with Crippen molar-refractivity contribution in [3.05, 3.63) is 125 Å². The zero-order valence-corrected chi connectivity index (χ0v) is 61.0. The van der Waals surface area contributed by atoms with Crippen molar-refractivity contribution in [3.8, 4) is 17.2 Å². The number of rotatable bonds is 44. The summed E-state index contributed by atoms with van der Waals surface area (Å²) in [4.78, 5) is 227. The molecule has 38 nitrogen and oxygen atoms in total. The van der Waals surface area contributed by atoms with E-state index in [0.717, 1.165) is 11.8 Å². The first-order valence-corrected chi connectivity index (χ1v) is 35.5.